The predicted molar refractivity (Wildman–Crippen MR) is 82.5 cm³/mol. The Bertz CT molecular complexity index is 758. The van der Waals surface area contributed by atoms with Gasteiger partial charge >= 0.3 is 0 Å². The molecule has 1 aromatic carbocycles. The minimum atomic E-state index is -0.0224. The largest absolute Gasteiger partial charge is 0.451 e. The van der Waals surface area contributed by atoms with Gasteiger partial charge in [-0.05, 0) is 31.0 Å². The summed E-state index contributed by atoms with van der Waals surface area (Å²) in [6.45, 7) is 1.51. The highest BCUT2D eigenvalue weighted by atomic mass is 16.3. The lowest BCUT2D eigenvalue weighted by Crippen LogP contribution is -2.38. The first-order chi connectivity index (χ1) is 10.8. The summed E-state index contributed by atoms with van der Waals surface area (Å²) in [5, 5.41) is 5.20. The fourth-order valence-electron chi connectivity index (χ4n) is 3.15. The Hall–Kier alpha value is -2.56. The minimum absolute atomic E-state index is 0.0224. The molecular formula is C17H17N3O2. The number of hydrogen-bond donors (Lipinski definition) is 0. The highest BCUT2D eigenvalue weighted by Crippen LogP contribution is 2.25. The Morgan fingerprint density at radius 3 is 3.05 bits per heavy atom. The Labute approximate surface area is 128 Å². The monoisotopic (exact) mass is 295 g/mol. The predicted octanol–water partition coefficient (Wildman–Crippen LogP) is 2.93. The van der Waals surface area contributed by atoms with Crippen molar-refractivity contribution in [3.63, 3.8) is 0 Å². The van der Waals surface area contributed by atoms with Crippen LogP contribution >= 0.6 is 0 Å². The molecule has 4 rings (SSSR count). The summed E-state index contributed by atoms with van der Waals surface area (Å²) in [5.74, 6) is 0.402. The van der Waals surface area contributed by atoms with Gasteiger partial charge in [-0.2, -0.15) is 5.10 Å². The van der Waals surface area contributed by atoms with Gasteiger partial charge in [0.2, 0.25) is 0 Å². The number of nitrogens with zero attached hydrogens (tertiary/aromatic N) is 3. The van der Waals surface area contributed by atoms with Crippen molar-refractivity contribution in [2.45, 2.75) is 25.4 Å². The molecule has 1 aliphatic rings. The Balaban J connectivity index is 1.58. The first-order valence-electron chi connectivity index (χ1n) is 7.58. The molecule has 0 bridgehead atoms. The second-order valence-corrected chi connectivity index (χ2v) is 5.67. The van der Waals surface area contributed by atoms with Gasteiger partial charge in [0.15, 0.2) is 5.76 Å². The number of fused-ring (bicyclic) bond motifs is 1. The molecule has 0 saturated carbocycles. The van der Waals surface area contributed by atoms with E-state index in [2.05, 4.69) is 5.10 Å². The van der Waals surface area contributed by atoms with Crippen molar-refractivity contribution in [1.82, 2.24) is 14.7 Å². The van der Waals surface area contributed by atoms with Crippen LogP contribution in [0.5, 0.6) is 0 Å². The van der Waals surface area contributed by atoms with E-state index in [4.69, 9.17) is 4.42 Å². The van der Waals surface area contributed by atoms with Crippen LogP contribution in [0.25, 0.3) is 11.0 Å². The molecular weight excluding hydrogens is 278 g/mol. The van der Waals surface area contributed by atoms with Crippen molar-refractivity contribution in [3.05, 3.63) is 54.6 Å². The maximum absolute atomic E-state index is 12.8. The third-order valence-corrected chi connectivity index (χ3v) is 4.23. The number of aromatic nitrogens is 2. The number of para-hydroxylation sites is 1. The van der Waals surface area contributed by atoms with E-state index in [0.29, 0.717) is 5.76 Å². The summed E-state index contributed by atoms with van der Waals surface area (Å²) < 4.78 is 7.60. The van der Waals surface area contributed by atoms with Crippen LogP contribution in [0.4, 0.5) is 0 Å². The van der Waals surface area contributed by atoms with E-state index in [1.165, 1.54) is 0 Å². The van der Waals surface area contributed by atoms with Crippen LogP contribution in [0.15, 0.2) is 53.2 Å². The molecule has 0 N–H and O–H groups in total. The Morgan fingerprint density at radius 1 is 1.32 bits per heavy atom. The summed E-state index contributed by atoms with van der Waals surface area (Å²) in [6.07, 6.45) is 5.73. The number of likely N-dealkylation sites (tertiary alicyclic amines) is 1. The average Bonchev–Trinajstić information content (AvgIpc) is 3.27. The zero-order valence-corrected chi connectivity index (χ0v) is 12.2. The topological polar surface area (TPSA) is 51.3 Å². The molecule has 2 aromatic heterocycles. The molecule has 1 fully saturated rings. The molecule has 112 valence electrons. The normalized spacial score (nSPS) is 18.2. The highest BCUT2D eigenvalue weighted by Gasteiger charge is 2.31. The maximum Gasteiger partial charge on any atom is 0.289 e. The van der Waals surface area contributed by atoms with Crippen LogP contribution in [-0.2, 0) is 6.54 Å². The van der Waals surface area contributed by atoms with E-state index in [1.54, 1.807) is 6.20 Å². The molecule has 0 radical (unpaired) electrons. The maximum atomic E-state index is 12.8. The van der Waals surface area contributed by atoms with E-state index in [9.17, 15) is 4.79 Å². The van der Waals surface area contributed by atoms with Gasteiger partial charge in [0.05, 0.1) is 12.6 Å². The van der Waals surface area contributed by atoms with Gasteiger partial charge < -0.3 is 9.32 Å². The van der Waals surface area contributed by atoms with Crippen molar-refractivity contribution in [3.8, 4) is 0 Å². The number of benzene rings is 1. The minimum Gasteiger partial charge on any atom is -0.451 e. The van der Waals surface area contributed by atoms with Crippen molar-refractivity contribution < 1.29 is 9.21 Å². The van der Waals surface area contributed by atoms with E-state index in [1.807, 2.05) is 52.2 Å². The number of furan rings is 1. The zero-order chi connectivity index (χ0) is 14.9. The summed E-state index contributed by atoms with van der Waals surface area (Å²) in [5.41, 5.74) is 0.758. The molecule has 3 aromatic rings. The molecule has 0 aliphatic carbocycles. The lowest BCUT2D eigenvalue weighted by atomic mass is 10.2. The molecule has 22 heavy (non-hydrogen) atoms. The van der Waals surface area contributed by atoms with Crippen LogP contribution in [0.3, 0.4) is 0 Å². The second kappa shape index (κ2) is 5.33. The second-order valence-electron chi connectivity index (χ2n) is 5.67. The molecule has 1 unspecified atom stereocenters. The molecule has 1 atom stereocenters. The molecule has 1 amide bonds. The highest BCUT2D eigenvalue weighted by molar-refractivity contribution is 5.96. The quantitative estimate of drug-likeness (QED) is 0.746. The van der Waals surface area contributed by atoms with E-state index < -0.39 is 0 Å². The molecule has 1 saturated heterocycles. The van der Waals surface area contributed by atoms with Crippen LogP contribution in [-0.4, -0.2) is 33.2 Å². The molecule has 5 heteroatoms. The Kier molecular flexibility index (Phi) is 3.18. The third kappa shape index (κ3) is 2.28. The SMILES string of the molecule is O=C(c1cc2ccccc2o1)N1CCCC1Cn1cccn1. The summed E-state index contributed by atoms with van der Waals surface area (Å²) in [4.78, 5) is 14.7. The van der Waals surface area contributed by atoms with Crippen molar-refractivity contribution >= 4 is 16.9 Å². The van der Waals surface area contributed by atoms with Crippen LogP contribution in [0.2, 0.25) is 0 Å². The lowest BCUT2D eigenvalue weighted by molar-refractivity contribution is 0.0691. The number of carbonyl (C=O) groups excluding carboxylic acids is 1. The lowest BCUT2D eigenvalue weighted by Gasteiger charge is -2.23. The number of carbonyl (C=O) groups is 1. The number of hydrogen-bond acceptors (Lipinski definition) is 3. The zero-order valence-electron chi connectivity index (χ0n) is 12.2. The first-order valence-corrected chi connectivity index (χ1v) is 7.58. The first kappa shape index (κ1) is 13.1. The van der Waals surface area contributed by atoms with Crippen LogP contribution in [0, 0.1) is 0 Å². The molecule has 0 spiro atoms. The summed E-state index contributed by atoms with van der Waals surface area (Å²) in [6, 6.07) is 11.6. The fourth-order valence-corrected chi connectivity index (χ4v) is 3.15. The number of rotatable bonds is 3. The summed E-state index contributed by atoms with van der Waals surface area (Å²) in [7, 11) is 0. The smallest absolute Gasteiger partial charge is 0.289 e. The standard InChI is InChI=1S/C17H17N3O2/c21-17(16-11-13-5-1-2-7-15(13)22-16)20-10-3-6-14(20)12-19-9-4-8-18-19/h1-2,4-5,7-9,11,14H,3,6,10,12H2. The van der Waals surface area contributed by atoms with E-state index in [0.717, 1.165) is 36.9 Å². The fraction of sp³-hybridized carbons (Fsp3) is 0.294. The third-order valence-electron chi connectivity index (χ3n) is 4.23. The van der Waals surface area contributed by atoms with Crippen LogP contribution in [0.1, 0.15) is 23.4 Å². The van der Waals surface area contributed by atoms with E-state index >= 15 is 0 Å². The van der Waals surface area contributed by atoms with Gasteiger partial charge in [0.25, 0.3) is 5.91 Å². The molecule has 3 heterocycles. The van der Waals surface area contributed by atoms with Gasteiger partial charge in [0.1, 0.15) is 5.58 Å². The number of amides is 1. The van der Waals surface area contributed by atoms with Crippen molar-refractivity contribution in [2.75, 3.05) is 6.54 Å². The van der Waals surface area contributed by atoms with Crippen LogP contribution < -0.4 is 0 Å². The van der Waals surface area contributed by atoms with Gasteiger partial charge in [-0.15, -0.1) is 0 Å². The van der Waals surface area contributed by atoms with Gasteiger partial charge in [-0.3, -0.25) is 9.48 Å². The van der Waals surface area contributed by atoms with Crippen molar-refractivity contribution in [2.24, 2.45) is 0 Å². The van der Waals surface area contributed by atoms with E-state index in [-0.39, 0.29) is 11.9 Å². The van der Waals surface area contributed by atoms with Crippen molar-refractivity contribution in [1.29, 1.82) is 0 Å². The average molecular weight is 295 g/mol. The van der Waals surface area contributed by atoms with Gasteiger partial charge in [0, 0.05) is 24.3 Å². The Morgan fingerprint density at radius 2 is 2.23 bits per heavy atom. The van der Waals surface area contributed by atoms with Gasteiger partial charge in [-0.1, -0.05) is 18.2 Å². The summed E-state index contributed by atoms with van der Waals surface area (Å²) >= 11 is 0. The van der Waals surface area contributed by atoms with Gasteiger partial charge in [-0.25, -0.2) is 0 Å². The molecule has 5 nitrogen and oxygen atoms in total. The molecule has 1 aliphatic heterocycles.